The summed E-state index contributed by atoms with van der Waals surface area (Å²) in [5.74, 6) is 2.25. The number of aromatic amines is 1. The zero-order valence-corrected chi connectivity index (χ0v) is 16.1. The third-order valence-corrected chi connectivity index (χ3v) is 7.16. The van der Waals surface area contributed by atoms with Gasteiger partial charge in [-0.25, -0.2) is 0 Å². The number of H-pyrrole nitrogens is 1. The smallest absolute Gasteiger partial charge is 0.265 e. The maximum Gasteiger partial charge on any atom is 0.265 e. The Morgan fingerprint density at radius 3 is 2.50 bits per heavy atom. The molecular weight excluding hydrogens is 394 g/mol. The van der Waals surface area contributed by atoms with Gasteiger partial charge in [0.25, 0.3) is 5.91 Å². The number of fused-ring (bicyclic) bond motifs is 1. The van der Waals surface area contributed by atoms with E-state index >= 15 is 0 Å². The second kappa shape index (κ2) is 5.91. The minimum absolute atomic E-state index is 0.0514. The van der Waals surface area contributed by atoms with Crippen molar-refractivity contribution >= 4 is 38.4 Å². The van der Waals surface area contributed by atoms with Crippen LogP contribution in [-0.2, 0) is 4.79 Å². The van der Waals surface area contributed by atoms with Crippen LogP contribution >= 0.6 is 15.9 Å². The van der Waals surface area contributed by atoms with Crippen LogP contribution in [0.5, 0.6) is 5.88 Å². The number of nitrogens with one attached hydrogen (secondary N) is 1. The highest BCUT2D eigenvalue weighted by Crippen LogP contribution is 2.61. The number of aromatic nitrogens is 1. The van der Waals surface area contributed by atoms with Gasteiger partial charge in [0.1, 0.15) is 0 Å². The van der Waals surface area contributed by atoms with Crippen molar-refractivity contribution in [1.29, 1.82) is 0 Å². The second-order valence-electron chi connectivity index (χ2n) is 8.70. The van der Waals surface area contributed by atoms with Crippen LogP contribution in [0.4, 0.5) is 5.69 Å². The van der Waals surface area contributed by atoms with Gasteiger partial charge < -0.3 is 10.1 Å². The molecule has 1 amide bonds. The largest absolute Gasteiger partial charge is 0.493 e. The molecule has 6 heteroatoms. The number of azo groups is 1. The first-order valence-electron chi connectivity index (χ1n) is 9.44. The van der Waals surface area contributed by atoms with Gasteiger partial charge in [0.15, 0.2) is 5.69 Å². The summed E-state index contributed by atoms with van der Waals surface area (Å²) in [6.07, 6.45) is 8.17. The molecule has 0 atom stereocenters. The average Bonchev–Trinajstić information content (AvgIpc) is 2.86. The zero-order valence-electron chi connectivity index (χ0n) is 14.5. The first-order valence-corrected chi connectivity index (χ1v) is 10.2. The van der Waals surface area contributed by atoms with E-state index < -0.39 is 0 Å². The molecule has 0 saturated heterocycles. The predicted molar refractivity (Wildman–Crippen MR) is 102 cm³/mol. The lowest BCUT2D eigenvalue weighted by molar-refractivity contribution is -0.126. The van der Waals surface area contributed by atoms with Crippen molar-refractivity contribution in [2.45, 2.75) is 44.9 Å². The number of aromatic hydroxyl groups is 1. The van der Waals surface area contributed by atoms with Crippen molar-refractivity contribution < 1.29 is 9.90 Å². The Labute approximate surface area is 160 Å². The quantitative estimate of drug-likeness (QED) is 0.616. The predicted octanol–water partition coefficient (Wildman–Crippen LogP) is 5.85. The van der Waals surface area contributed by atoms with Crippen LogP contribution in [0, 0.1) is 23.2 Å². The third-order valence-electron chi connectivity index (χ3n) is 6.67. The fourth-order valence-corrected chi connectivity index (χ4v) is 6.57. The molecular formula is C20H22BrN3O2. The number of amides is 1. The summed E-state index contributed by atoms with van der Waals surface area (Å²) < 4.78 is 0.889. The highest BCUT2D eigenvalue weighted by Gasteiger charge is 2.51. The van der Waals surface area contributed by atoms with Gasteiger partial charge in [-0.3, -0.25) is 4.79 Å². The lowest BCUT2D eigenvalue weighted by Gasteiger charge is -2.56. The fourth-order valence-electron chi connectivity index (χ4n) is 6.21. The molecule has 136 valence electrons. The molecule has 0 aliphatic heterocycles. The number of carbonyl (C=O) groups is 1. The molecule has 1 aromatic heterocycles. The number of hydrogen-bond acceptors (Lipinski definition) is 3. The summed E-state index contributed by atoms with van der Waals surface area (Å²) in [6.45, 7) is 0. The van der Waals surface area contributed by atoms with Crippen molar-refractivity contribution in [3.05, 3.63) is 22.7 Å². The van der Waals surface area contributed by atoms with Gasteiger partial charge in [-0.15, -0.1) is 10.2 Å². The molecule has 0 radical (unpaired) electrons. The lowest BCUT2D eigenvalue weighted by Crippen LogP contribution is -2.46. The van der Waals surface area contributed by atoms with Crippen molar-refractivity contribution in [2.75, 3.05) is 0 Å². The van der Waals surface area contributed by atoms with Gasteiger partial charge in [-0.05, 0) is 79.9 Å². The number of nitrogens with zero attached hydrogens (tertiary/aromatic N) is 2. The van der Waals surface area contributed by atoms with Crippen molar-refractivity contribution in [3.63, 3.8) is 0 Å². The molecule has 26 heavy (non-hydrogen) atoms. The van der Waals surface area contributed by atoms with Crippen molar-refractivity contribution in [1.82, 2.24) is 4.98 Å². The van der Waals surface area contributed by atoms with Gasteiger partial charge in [-0.1, -0.05) is 15.9 Å². The zero-order chi connectivity index (χ0) is 17.9. The summed E-state index contributed by atoms with van der Waals surface area (Å²) in [5.41, 5.74) is 1.27. The summed E-state index contributed by atoms with van der Waals surface area (Å²) in [6, 6.07) is 5.61. The molecule has 4 fully saturated rings. The Morgan fingerprint density at radius 2 is 1.85 bits per heavy atom. The van der Waals surface area contributed by atoms with E-state index in [-0.39, 0.29) is 17.2 Å². The third kappa shape index (κ3) is 2.79. The molecule has 4 aliphatic carbocycles. The molecule has 5 nitrogen and oxygen atoms in total. The molecule has 4 saturated carbocycles. The Balaban J connectivity index is 1.36. The summed E-state index contributed by atoms with van der Waals surface area (Å²) in [7, 11) is 0. The number of hydrogen-bond donors (Lipinski definition) is 2. The van der Waals surface area contributed by atoms with E-state index in [1.165, 1.54) is 38.5 Å². The van der Waals surface area contributed by atoms with Gasteiger partial charge in [0.05, 0.1) is 5.52 Å². The molecule has 0 spiro atoms. The number of rotatable bonds is 3. The monoisotopic (exact) mass is 415 g/mol. The van der Waals surface area contributed by atoms with Crippen LogP contribution in [-0.4, -0.2) is 16.0 Å². The number of carbonyl (C=O) groups excluding carboxylic acids is 1. The van der Waals surface area contributed by atoms with Gasteiger partial charge in [0.2, 0.25) is 5.88 Å². The van der Waals surface area contributed by atoms with E-state index in [0.29, 0.717) is 12.1 Å². The van der Waals surface area contributed by atoms with Gasteiger partial charge in [-0.2, -0.15) is 0 Å². The van der Waals surface area contributed by atoms with Crippen LogP contribution in [0.25, 0.3) is 10.9 Å². The maximum absolute atomic E-state index is 12.6. The molecule has 2 aromatic rings. The summed E-state index contributed by atoms with van der Waals surface area (Å²) in [4.78, 5) is 15.4. The van der Waals surface area contributed by atoms with Crippen LogP contribution in [0.1, 0.15) is 44.9 Å². The van der Waals surface area contributed by atoms with Crippen LogP contribution in [0.15, 0.2) is 32.9 Å². The lowest BCUT2D eigenvalue weighted by atomic mass is 9.49. The van der Waals surface area contributed by atoms with E-state index in [1.54, 1.807) is 0 Å². The van der Waals surface area contributed by atoms with Crippen LogP contribution in [0.3, 0.4) is 0 Å². The minimum atomic E-state index is -0.157. The van der Waals surface area contributed by atoms with Gasteiger partial charge in [0, 0.05) is 16.3 Å². The molecule has 0 unspecified atom stereocenters. The minimum Gasteiger partial charge on any atom is -0.493 e. The van der Waals surface area contributed by atoms with E-state index in [1.807, 2.05) is 18.2 Å². The first kappa shape index (κ1) is 16.5. The highest BCUT2D eigenvalue weighted by molar-refractivity contribution is 9.10. The SMILES string of the molecule is O=C(CC12CC3CC(CC(C3)C1)C2)N=Nc1c(O)[nH]c2ccc(Br)cc12. The van der Waals surface area contributed by atoms with Crippen LogP contribution in [0.2, 0.25) is 0 Å². The van der Waals surface area contributed by atoms with Crippen LogP contribution < -0.4 is 0 Å². The summed E-state index contributed by atoms with van der Waals surface area (Å²) in [5, 5.41) is 18.9. The van der Waals surface area contributed by atoms with E-state index in [4.69, 9.17) is 0 Å². The normalized spacial score (nSPS) is 32.7. The standard InChI is InChI=1S/C20H22BrN3O2/c21-14-1-2-16-15(6-14)18(19(26)22-16)24-23-17(25)10-20-7-11-3-12(8-20)5-13(4-11)9-20/h1-2,6,11-13,22,26H,3-5,7-10H2. The van der Waals surface area contributed by atoms with E-state index in [9.17, 15) is 9.90 Å². The van der Waals surface area contributed by atoms with Crippen molar-refractivity contribution in [3.8, 4) is 5.88 Å². The molecule has 1 heterocycles. The highest BCUT2D eigenvalue weighted by atomic mass is 79.9. The Bertz CT molecular complexity index is 882. The molecule has 1 aromatic carbocycles. The Kier molecular flexibility index (Phi) is 3.75. The second-order valence-corrected chi connectivity index (χ2v) is 9.62. The van der Waals surface area contributed by atoms with Crippen molar-refractivity contribution in [2.24, 2.45) is 33.4 Å². The summed E-state index contributed by atoms with van der Waals surface area (Å²) >= 11 is 3.42. The van der Waals surface area contributed by atoms with E-state index in [2.05, 4.69) is 31.1 Å². The Hall–Kier alpha value is -1.69. The average molecular weight is 416 g/mol. The Morgan fingerprint density at radius 1 is 1.19 bits per heavy atom. The molecule has 4 bridgehead atoms. The topological polar surface area (TPSA) is 77.8 Å². The van der Waals surface area contributed by atoms with E-state index in [0.717, 1.165) is 33.1 Å². The maximum atomic E-state index is 12.6. The number of benzene rings is 1. The molecule has 4 aliphatic rings. The first-order chi connectivity index (χ1) is 12.5. The molecule has 6 rings (SSSR count). The molecule has 2 N–H and O–H groups in total. The van der Waals surface area contributed by atoms with Gasteiger partial charge >= 0.3 is 0 Å². The number of halogens is 1. The fraction of sp³-hybridized carbons (Fsp3) is 0.550.